The number of ether oxygens (including phenoxy) is 2. The van der Waals surface area contributed by atoms with Crippen molar-refractivity contribution in [3.05, 3.63) is 12.7 Å². The first-order chi connectivity index (χ1) is 16.7. The van der Waals surface area contributed by atoms with Crippen molar-refractivity contribution in [3.63, 3.8) is 0 Å². The topological polar surface area (TPSA) is 120 Å². The van der Waals surface area contributed by atoms with Gasteiger partial charge in [0.2, 0.25) is 11.8 Å². The lowest BCUT2D eigenvalue weighted by molar-refractivity contribution is -0.153. The average molecular weight is 494 g/mol. The minimum atomic E-state index is -1.18. The van der Waals surface area contributed by atoms with Crippen LogP contribution in [0.4, 0.5) is 0 Å². The summed E-state index contributed by atoms with van der Waals surface area (Å²) >= 11 is 0. The van der Waals surface area contributed by atoms with Crippen LogP contribution >= 0.6 is 0 Å². The lowest BCUT2D eigenvalue weighted by atomic mass is 9.70. The van der Waals surface area contributed by atoms with Crippen LogP contribution in [-0.4, -0.2) is 119 Å². The molecule has 0 radical (unpaired) electrons. The van der Waals surface area contributed by atoms with Gasteiger partial charge in [-0.1, -0.05) is 19.9 Å². The molecule has 6 atom stereocenters. The van der Waals surface area contributed by atoms with E-state index in [1.807, 2.05) is 13.8 Å². The number of hydrogen-bond donors (Lipinski definition) is 2. The number of hydrogen-bond acceptors (Lipinski definition) is 7. The van der Waals surface area contributed by atoms with E-state index in [-0.39, 0.29) is 24.3 Å². The van der Waals surface area contributed by atoms with Crippen LogP contribution in [0.5, 0.6) is 0 Å². The smallest absolute Gasteiger partial charge is 0.310 e. The van der Waals surface area contributed by atoms with Crippen molar-refractivity contribution < 1.29 is 34.1 Å². The molecule has 35 heavy (non-hydrogen) atoms. The zero-order valence-electron chi connectivity index (χ0n) is 20.8. The van der Waals surface area contributed by atoms with Crippen LogP contribution in [0, 0.1) is 17.8 Å². The van der Waals surface area contributed by atoms with Crippen LogP contribution < -0.4 is 0 Å². The number of aliphatic hydroxyl groups excluding tert-OH is 1. The first-order valence-corrected chi connectivity index (χ1v) is 12.8. The summed E-state index contributed by atoms with van der Waals surface area (Å²) in [4.78, 5) is 45.6. The van der Waals surface area contributed by atoms with Gasteiger partial charge in [0.05, 0.1) is 43.8 Å². The lowest BCUT2D eigenvalue weighted by Crippen LogP contribution is -2.59. The Hall–Kier alpha value is -2.01. The van der Waals surface area contributed by atoms with Gasteiger partial charge in [-0.05, 0) is 25.2 Å². The van der Waals surface area contributed by atoms with E-state index >= 15 is 0 Å². The number of carboxylic acids is 1. The Labute approximate surface area is 206 Å². The van der Waals surface area contributed by atoms with Crippen LogP contribution in [0.15, 0.2) is 12.7 Å². The summed E-state index contributed by atoms with van der Waals surface area (Å²) in [5, 5.41) is 20.2. The number of carboxylic acid groups (broad SMARTS) is 1. The van der Waals surface area contributed by atoms with Gasteiger partial charge in [-0.15, -0.1) is 6.58 Å². The van der Waals surface area contributed by atoms with Crippen LogP contribution in [0.2, 0.25) is 0 Å². The summed E-state index contributed by atoms with van der Waals surface area (Å²) in [6, 6.07) is -1.55. The summed E-state index contributed by atoms with van der Waals surface area (Å²) in [7, 11) is 0. The number of nitrogens with zero attached hydrogens (tertiary/aromatic N) is 3. The zero-order chi connectivity index (χ0) is 25.3. The fourth-order valence-corrected chi connectivity index (χ4v) is 6.57. The van der Waals surface area contributed by atoms with Crippen molar-refractivity contribution in [2.24, 2.45) is 17.8 Å². The molecule has 0 aromatic carbocycles. The zero-order valence-corrected chi connectivity index (χ0v) is 20.8. The quantitative estimate of drug-likeness (QED) is 0.392. The Balaban J connectivity index is 1.67. The lowest BCUT2D eigenvalue weighted by Gasteiger charge is -2.40. The number of aliphatic carboxylic acids is 1. The Morgan fingerprint density at radius 3 is 2.63 bits per heavy atom. The molecule has 10 heteroatoms. The molecule has 0 unspecified atom stereocenters. The van der Waals surface area contributed by atoms with Gasteiger partial charge in [-0.2, -0.15) is 0 Å². The number of morpholine rings is 1. The number of amides is 2. The minimum absolute atomic E-state index is 0.173. The predicted molar refractivity (Wildman–Crippen MR) is 126 cm³/mol. The van der Waals surface area contributed by atoms with Gasteiger partial charge < -0.3 is 29.5 Å². The van der Waals surface area contributed by atoms with E-state index in [1.54, 1.807) is 11.0 Å². The highest BCUT2D eigenvalue weighted by molar-refractivity contribution is 5.98. The molecule has 1 spiro atoms. The molecule has 4 fully saturated rings. The molecule has 0 aromatic heterocycles. The number of likely N-dealkylation sites (tertiary alicyclic amines) is 1. The molecule has 2 amide bonds. The van der Waals surface area contributed by atoms with Crippen molar-refractivity contribution in [1.29, 1.82) is 0 Å². The summed E-state index contributed by atoms with van der Waals surface area (Å²) in [5.74, 6) is -3.43. The summed E-state index contributed by atoms with van der Waals surface area (Å²) < 4.78 is 11.7. The Morgan fingerprint density at radius 1 is 1.31 bits per heavy atom. The molecule has 10 nitrogen and oxygen atoms in total. The van der Waals surface area contributed by atoms with Gasteiger partial charge >= 0.3 is 5.97 Å². The van der Waals surface area contributed by atoms with E-state index in [2.05, 4.69) is 11.5 Å². The standard InChI is InChI=1S/C25H39N3O7/c1-4-7-27(9-8-26-10-12-34-13-11-26)23(31)21-25-6-5-18(35-25)19(24(32)33)20(25)22(30)28(21)17(15-29)14-16(2)3/h4,16-21,29H,1,5-15H2,2-3H3,(H,32,33)/t17-,18+,19-,20-,21+,25-/m1/s1. The maximum absolute atomic E-state index is 14.2. The van der Waals surface area contributed by atoms with Crippen molar-refractivity contribution >= 4 is 17.8 Å². The maximum atomic E-state index is 14.2. The van der Waals surface area contributed by atoms with E-state index in [4.69, 9.17) is 9.47 Å². The molecule has 0 saturated carbocycles. The highest BCUT2D eigenvalue weighted by Gasteiger charge is 2.75. The molecule has 4 saturated heterocycles. The fraction of sp³-hybridized carbons (Fsp3) is 0.800. The van der Waals surface area contributed by atoms with E-state index in [0.29, 0.717) is 52.1 Å². The van der Waals surface area contributed by atoms with Gasteiger partial charge in [0.1, 0.15) is 11.6 Å². The van der Waals surface area contributed by atoms with E-state index in [9.17, 15) is 24.6 Å². The Kier molecular flexibility index (Phi) is 7.85. The molecule has 2 bridgehead atoms. The third-order valence-corrected chi connectivity index (χ3v) is 8.06. The third kappa shape index (κ3) is 4.61. The first-order valence-electron chi connectivity index (χ1n) is 12.8. The second kappa shape index (κ2) is 10.5. The second-order valence-corrected chi connectivity index (χ2v) is 10.6. The minimum Gasteiger partial charge on any atom is -0.481 e. The molecule has 4 aliphatic heterocycles. The summed E-state index contributed by atoms with van der Waals surface area (Å²) in [5.41, 5.74) is -1.18. The number of rotatable bonds is 11. The molecule has 4 aliphatic rings. The van der Waals surface area contributed by atoms with E-state index < -0.39 is 41.6 Å². The average Bonchev–Trinajstić information content (AvgIpc) is 3.47. The molecule has 2 N–H and O–H groups in total. The molecule has 196 valence electrons. The first kappa shape index (κ1) is 26.1. The number of carbonyl (C=O) groups is 3. The van der Waals surface area contributed by atoms with Gasteiger partial charge in [-0.25, -0.2) is 0 Å². The Bertz CT molecular complexity index is 830. The normalized spacial score (nSPS) is 33.3. The van der Waals surface area contributed by atoms with Crippen LogP contribution in [0.1, 0.15) is 33.1 Å². The SMILES string of the molecule is C=CCN(CCN1CCOCC1)C(=O)[C@@H]1N([C@@H](CO)CC(C)C)C(=O)[C@H]2[C@H](C(=O)O)[C@@H]3CC[C@]12O3. The molecule has 0 aromatic rings. The van der Waals surface area contributed by atoms with Gasteiger partial charge in [-0.3, -0.25) is 19.3 Å². The monoisotopic (exact) mass is 493 g/mol. The fourth-order valence-electron chi connectivity index (χ4n) is 6.57. The molecule has 4 heterocycles. The van der Waals surface area contributed by atoms with Crippen molar-refractivity contribution in [2.45, 2.75) is 56.9 Å². The van der Waals surface area contributed by atoms with Crippen LogP contribution in [0.25, 0.3) is 0 Å². The maximum Gasteiger partial charge on any atom is 0.310 e. The van der Waals surface area contributed by atoms with Crippen molar-refractivity contribution in [2.75, 3.05) is 52.5 Å². The van der Waals surface area contributed by atoms with E-state index in [1.165, 1.54) is 4.90 Å². The second-order valence-electron chi connectivity index (χ2n) is 10.6. The molecular weight excluding hydrogens is 454 g/mol. The molecule has 0 aliphatic carbocycles. The van der Waals surface area contributed by atoms with Gasteiger partial charge in [0.15, 0.2) is 0 Å². The summed E-state index contributed by atoms with van der Waals surface area (Å²) in [6.07, 6.45) is 2.55. The Morgan fingerprint density at radius 2 is 2.03 bits per heavy atom. The number of fused-ring (bicyclic) bond motifs is 1. The highest BCUT2D eigenvalue weighted by atomic mass is 16.5. The number of carbonyl (C=O) groups excluding carboxylic acids is 2. The third-order valence-electron chi connectivity index (χ3n) is 8.06. The molecule has 4 rings (SSSR count). The van der Waals surface area contributed by atoms with Crippen molar-refractivity contribution in [3.8, 4) is 0 Å². The van der Waals surface area contributed by atoms with Gasteiger partial charge in [0, 0.05) is 32.7 Å². The summed E-state index contributed by atoms with van der Waals surface area (Å²) in [6.45, 7) is 11.8. The van der Waals surface area contributed by atoms with Gasteiger partial charge in [0.25, 0.3) is 0 Å². The van der Waals surface area contributed by atoms with Crippen LogP contribution in [0.3, 0.4) is 0 Å². The van der Waals surface area contributed by atoms with E-state index in [0.717, 1.165) is 13.1 Å². The largest absolute Gasteiger partial charge is 0.481 e. The van der Waals surface area contributed by atoms with Crippen LogP contribution in [-0.2, 0) is 23.9 Å². The molecular formula is C25H39N3O7. The number of aliphatic hydroxyl groups is 1. The highest BCUT2D eigenvalue weighted by Crippen LogP contribution is 2.59. The van der Waals surface area contributed by atoms with Crippen molar-refractivity contribution in [1.82, 2.24) is 14.7 Å². The predicted octanol–water partition coefficient (Wildman–Crippen LogP) is 0.199.